The van der Waals surface area contributed by atoms with E-state index in [1.54, 1.807) is 21.3 Å². The van der Waals surface area contributed by atoms with Gasteiger partial charge < -0.3 is 25.1 Å². The molecule has 0 aliphatic carbocycles. The molecule has 3 aromatic rings. The zero-order chi connectivity index (χ0) is 20.1. The minimum absolute atomic E-state index is 0.00952. The van der Waals surface area contributed by atoms with Gasteiger partial charge in [-0.15, -0.1) is 0 Å². The number of methoxy groups -OCH3 is 2. The smallest absolute Gasteiger partial charge is 0.277 e. The number of rotatable bonds is 8. The van der Waals surface area contributed by atoms with Gasteiger partial charge in [0.1, 0.15) is 0 Å². The number of para-hydroxylation sites is 2. The monoisotopic (exact) mass is 382 g/mol. The highest BCUT2D eigenvalue weighted by atomic mass is 16.5. The first-order valence-corrected chi connectivity index (χ1v) is 9.42. The average molecular weight is 382 g/mol. The second-order valence-corrected chi connectivity index (χ2v) is 6.80. The summed E-state index contributed by atoms with van der Waals surface area (Å²) in [6, 6.07) is 14.0. The molecule has 1 amide bonds. The Morgan fingerprint density at radius 1 is 1.11 bits per heavy atom. The number of aromatic amines is 1. The number of fused-ring (bicyclic) bond motifs is 1. The average Bonchev–Trinajstić information content (AvgIpc) is 3.16. The van der Waals surface area contributed by atoms with Gasteiger partial charge in [-0.3, -0.25) is 4.79 Å². The number of ether oxygens (including phenoxy) is 2. The number of aromatic nitrogens is 1. The minimum Gasteiger partial charge on any atom is -0.493 e. The van der Waals surface area contributed by atoms with Crippen molar-refractivity contribution in [2.45, 2.75) is 18.9 Å². The first-order valence-electron chi connectivity index (χ1n) is 9.42. The number of carbonyl (C=O) groups is 1. The number of benzene rings is 2. The van der Waals surface area contributed by atoms with Gasteiger partial charge in [0, 0.05) is 29.7 Å². The fraction of sp³-hybridized carbons (Fsp3) is 0.318. The molecule has 6 heteroatoms. The van der Waals surface area contributed by atoms with Gasteiger partial charge in [0.25, 0.3) is 5.91 Å². The van der Waals surface area contributed by atoms with Crippen LogP contribution in [0.15, 0.2) is 48.7 Å². The summed E-state index contributed by atoms with van der Waals surface area (Å²) in [5.41, 5.74) is 3.29. The van der Waals surface area contributed by atoms with Crippen LogP contribution in [0.3, 0.4) is 0 Å². The third-order valence-corrected chi connectivity index (χ3v) is 5.19. The molecule has 6 nitrogen and oxygen atoms in total. The Kier molecular flexibility index (Phi) is 6.21. The van der Waals surface area contributed by atoms with Crippen molar-refractivity contribution in [3.63, 3.8) is 0 Å². The number of hydrogen-bond donors (Lipinski definition) is 3. The molecular weight excluding hydrogens is 354 g/mol. The zero-order valence-electron chi connectivity index (χ0n) is 16.8. The van der Waals surface area contributed by atoms with Gasteiger partial charge in [-0.1, -0.05) is 30.3 Å². The summed E-state index contributed by atoms with van der Waals surface area (Å²) < 4.78 is 11.2. The summed E-state index contributed by atoms with van der Waals surface area (Å²) in [6.07, 6.45) is 2.05. The van der Waals surface area contributed by atoms with Gasteiger partial charge in [-0.2, -0.15) is 0 Å². The highest BCUT2D eigenvalue weighted by Crippen LogP contribution is 2.39. The molecule has 0 unspecified atom stereocenters. The number of likely N-dealkylation sites (N-methyl/N-ethyl adjacent to an activating group) is 1. The van der Waals surface area contributed by atoms with Crippen LogP contribution in [0.4, 0.5) is 0 Å². The minimum atomic E-state index is -0.186. The Morgan fingerprint density at radius 3 is 2.61 bits per heavy atom. The van der Waals surface area contributed by atoms with Crippen LogP contribution in [-0.4, -0.2) is 44.7 Å². The Morgan fingerprint density at radius 2 is 1.89 bits per heavy atom. The lowest BCUT2D eigenvalue weighted by Gasteiger charge is -2.21. The molecule has 1 heterocycles. The summed E-state index contributed by atoms with van der Waals surface area (Å²) in [7, 11) is 4.96. The first-order chi connectivity index (χ1) is 13.6. The van der Waals surface area contributed by atoms with Crippen molar-refractivity contribution in [1.29, 1.82) is 0 Å². The molecule has 148 valence electrons. The second-order valence-electron chi connectivity index (χ2n) is 6.80. The number of hydrogen-bond acceptors (Lipinski definition) is 3. The van der Waals surface area contributed by atoms with Crippen LogP contribution in [0.2, 0.25) is 0 Å². The number of quaternary nitrogens is 1. The van der Waals surface area contributed by atoms with Crippen molar-refractivity contribution >= 4 is 16.8 Å². The van der Waals surface area contributed by atoms with E-state index >= 15 is 0 Å². The fourth-order valence-electron chi connectivity index (χ4n) is 3.67. The van der Waals surface area contributed by atoms with E-state index in [2.05, 4.69) is 33.8 Å². The number of amides is 1. The highest BCUT2D eigenvalue weighted by Gasteiger charge is 2.26. The van der Waals surface area contributed by atoms with Gasteiger partial charge in [-0.25, -0.2) is 0 Å². The number of nitrogens with two attached hydrogens (primary N) is 1. The summed E-state index contributed by atoms with van der Waals surface area (Å²) in [5, 5.41) is 5.94. The molecule has 1 aromatic heterocycles. The van der Waals surface area contributed by atoms with Gasteiger partial charge >= 0.3 is 0 Å². The lowest BCUT2D eigenvalue weighted by atomic mass is 9.89. The van der Waals surface area contributed by atoms with E-state index in [9.17, 15) is 4.79 Å². The van der Waals surface area contributed by atoms with Crippen LogP contribution in [0, 0.1) is 0 Å². The Labute approximate surface area is 165 Å². The number of nitrogens with one attached hydrogen (secondary N) is 2. The number of carbonyl (C=O) groups excluding carboxylic acids is 1. The van der Waals surface area contributed by atoms with Crippen LogP contribution in [0.1, 0.15) is 24.0 Å². The summed E-state index contributed by atoms with van der Waals surface area (Å²) in [4.78, 5) is 15.4. The zero-order valence-corrected chi connectivity index (χ0v) is 16.8. The Balaban J connectivity index is 2.06. The second kappa shape index (κ2) is 8.80. The fourth-order valence-corrected chi connectivity index (χ4v) is 3.67. The predicted octanol–water partition coefficient (Wildman–Crippen LogP) is 2.01. The largest absolute Gasteiger partial charge is 0.493 e. The van der Waals surface area contributed by atoms with Crippen molar-refractivity contribution in [3.05, 3.63) is 59.8 Å². The van der Waals surface area contributed by atoms with E-state index in [1.807, 2.05) is 37.4 Å². The van der Waals surface area contributed by atoms with Crippen LogP contribution in [0.5, 0.6) is 11.5 Å². The molecular formula is C22H28N3O3+. The Bertz CT molecular complexity index is 951. The van der Waals surface area contributed by atoms with E-state index < -0.39 is 0 Å². The summed E-state index contributed by atoms with van der Waals surface area (Å²) >= 11 is 0. The summed E-state index contributed by atoms with van der Waals surface area (Å²) in [6.45, 7) is 2.61. The third-order valence-electron chi connectivity index (χ3n) is 5.19. The molecule has 0 radical (unpaired) electrons. The lowest BCUT2D eigenvalue weighted by molar-refractivity contribution is -0.674. The highest BCUT2D eigenvalue weighted by molar-refractivity contribution is 5.84. The molecule has 3 rings (SSSR count). The topological polar surface area (TPSA) is 80.0 Å². The van der Waals surface area contributed by atoms with Gasteiger partial charge in [0.15, 0.2) is 17.5 Å². The quantitative estimate of drug-likeness (QED) is 0.558. The maximum absolute atomic E-state index is 12.0. The molecule has 0 bridgehead atoms. The van der Waals surface area contributed by atoms with Gasteiger partial charge in [0.05, 0.1) is 26.7 Å². The molecule has 0 fully saturated rings. The maximum atomic E-state index is 12.0. The van der Waals surface area contributed by atoms with Crippen molar-refractivity contribution in [2.75, 3.05) is 27.8 Å². The third kappa shape index (κ3) is 3.82. The molecule has 0 saturated carbocycles. The Hall–Kier alpha value is -2.99. The maximum Gasteiger partial charge on any atom is 0.277 e. The van der Waals surface area contributed by atoms with Crippen LogP contribution in [-0.2, 0) is 4.79 Å². The predicted molar refractivity (Wildman–Crippen MR) is 110 cm³/mol. The van der Waals surface area contributed by atoms with Gasteiger partial charge in [-0.05, 0) is 24.6 Å². The van der Waals surface area contributed by atoms with Crippen molar-refractivity contribution in [3.8, 4) is 11.5 Å². The lowest BCUT2D eigenvalue weighted by Crippen LogP contribution is -2.92. The SMILES string of the molecule is CNC(=O)[C@@H](C)[NH2+]C[C@H](c1cccc(OC)c1OC)c1c[nH]c2ccccc12. The van der Waals surface area contributed by atoms with Crippen molar-refractivity contribution in [1.82, 2.24) is 10.3 Å². The van der Waals surface area contributed by atoms with Crippen molar-refractivity contribution < 1.29 is 19.6 Å². The molecule has 0 spiro atoms. The molecule has 2 atom stereocenters. The molecule has 4 N–H and O–H groups in total. The van der Waals surface area contributed by atoms with Crippen molar-refractivity contribution in [2.24, 2.45) is 0 Å². The van der Waals surface area contributed by atoms with E-state index in [4.69, 9.17) is 9.47 Å². The van der Waals surface area contributed by atoms with Crippen LogP contribution >= 0.6 is 0 Å². The number of H-pyrrole nitrogens is 1. The normalized spacial score (nSPS) is 13.1. The molecule has 2 aromatic carbocycles. The van der Waals surface area contributed by atoms with Crippen LogP contribution < -0.4 is 20.1 Å². The summed E-state index contributed by atoms with van der Waals surface area (Å²) in [5.74, 6) is 1.45. The first kappa shape index (κ1) is 19.8. The van der Waals surface area contributed by atoms with E-state index in [-0.39, 0.29) is 17.9 Å². The van der Waals surface area contributed by atoms with Crippen LogP contribution in [0.25, 0.3) is 10.9 Å². The molecule has 28 heavy (non-hydrogen) atoms. The molecule has 0 saturated heterocycles. The van der Waals surface area contributed by atoms with E-state index in [0.717, 1.165) is 16.8 Å². The van der Waals surface area contributed by atoms with E-state index in [0.29, 0.717) is 12.3 Å². The standard InChI is InChI=1S/C22H27N3O3/c1-14(22(26)23-2)24-12-18(16-9-7-11-20(27-3)21(16)28-4)17-13-25-19-10-6-5-8-15(17)19/h5-11,13-14,18,24-25H,12H2,1-4H3,(H,23,26)/p+1/t14-,18-/m1/s1. The van der Waals surface area contributed by atoms with Gasteiger partial charge in [0.2, 0.25) is 0 Å². The molecule has 0 aliphatic rings. The molecule has 0 aliphatic heterocycles. The van der Waals surface area contributed by atoms with E-state index in [1.165, 1.54) is 10.9 Å².